The summed E-state index contributed by atoms with van der Waals surface area (Å²) in [7, 11) is 1.34. The topological polar surface area (TPSA) is 84.5 Å². The van der Waals surface area contributed by atoms with Gasteiger partial charge >= 0.3 is 5.97 Å². The van der Waals surface area contributed by atoms with E-state index < -0.39 is 6.04 Å². The second-order valence-corrected chi connectivity index (χ2v) is 5.60. The molecule has 6 heteroatoms. The largest absolute Gasteiger partial charge is 0.465 e. The van der Waals surface area contributed by atoms with Gasteiger partial charge in [-0.25, -0.2) is 4.79 Å². The molecule has 1 aliphatic rings. The molecule has 1 aromatic rings. The van der Waals surface area contributed by atoms with Gasteiger partial charge in [0, 0.05) is 13.0 Å². The number of rotatable bonds is 5. The van der Waals surface area contributed by atoms with Crippen molar-refractivity contribution in [3.63, 3.8) is 0 Å². The first-order valence-corrected chi connectivity index (χ1v) is 7.84. The predicted molar refractivity (Wildman–Crippen MR) is 84.9 cm³/mol. The van der Waals surface area contributed by atoms with Gasteiger partial charge in [0.05, 0.1) is 12.7 Å². The van der Waals surface area contributed by atoms with Crippen LogP contribution in [0.5, 0.6) is 0 Å². The van der Waals surface area contributed by atoms with E-state index in [1.165, 1.54) is 7.11 Å². The first-order chi connectivity index (χ1) is 11.1. The van der Waals surface area contributed by atoms with E-state index in [1.807, 2.05) is 0 Å². The highest BCUT2D eigenvalue weighted by Gasteiger charge is 2.21. The molecule has 1 fully saturated rings. The molecule has 2 rings (SSSR count). The molecule has 1 aliphatic heterocycles. The van der Waals surface area contributed by atoms with Crippen LogP contribution >= 0.6 is 0 Å². The fourth-order valence-electron chi connectivity index (χ4n) is 2.53. The minimum atomic E-state index is -0.424. The van der Waals surface area contributed by atoms with Crippen molar-refractivity contribution in [1.82, 2.24) is 10.6 Å². The molecule has 1 heterocycles. The van der Waals surface area contributed by atoms with Crippen molar-refractivity contribution in [3.05, 3.63) is 35.4 Å². The highest BCUT2D eigenvalue weighted by molar-refractivity contribution is 5.89. The van der Waals surface area contributed by atoms with Gasteiger partial charge in [-0.1, -0.05) is 12.1 Å². The molecule has 0 aromatic heterocycles. The van der Waals surface area contributed by atoms with E-state index >= 15 is 0 Å². The average molecular weight is 318 g/mol. The van der Waals surface area contributed by atoms with Gasteiger partial charge in [0.1, 0.15) is 6.04 Å². The zero-order chi connectivity index (χ0) is 16.7. The second-order valence-electron chi connectivity index (χ2n) is 5.60. The number of hydrogen-bond donors (Lipinski definition) is 2. The number of benzene rings is 1. The lowest BCUT2D eigenvalue weighted by molar-refractivity contribution is -0.128. The molecule has 0 radical (unpaired) electrons. The molecule has 6 nitrogen and oxygen atoms in total. The van der Waals surface area contributed by atoms with Crippen molar-refractivity contribution in [2.45, 2.75) is 38.1 Å². The Labute approximate surface area is 135 Å². The van der Waals surface area contributed by atoms with Crippen molar-refractivity contribution in [1.29, 1.82) is 0 Å². The number of hydrogen-bond acceptors (Lipinski definition) is 4. The number of ether oxygens (including phenoxy) is 1. The maximum absolute atomic E-state index is 12.0. The zero-order valence-corrected chi connectivity index (χ0v) is 13.3. The predicted octanol–water partition coefficient (Wildman–Crippen LogP) is 1.19. The van der Waals surface area contributed by atoms with E-state index in [1.54, 1.807) is 24.3 Å². The summed E-state index contributed by atoms with van der Waals surface area (Å²) in [6, 6.07) is 6.54. The van der Waals surface area contributed by atoms with Gasteiger partial charge in [0.2, 0.25) is 11.8 Å². The third-order valence-corrected chi connectivity index (χ3v) is 3.89. The monoisotopic (exact) mass is 318 g/mol. The van der Waals surface area contributed by atoms with E-state index in [4.69, 9.17) is 0 Å². The molecule has 124 valence electrons. The summed E-state index contributed by atoms with van der Waals surface area (Å²) in [5.74, 6) is -0.615. The van der Waals surface area contributed by atoms with Gasteiger partial charge in [0.25, 0.3) is 0 Å². The lowest BCUT2D eigenvalue weighted by Crippen LogP contribution is -2.45. The molecular formula is C17H22N2O4. The minimum absolute atomic E-state index is 0.0988. The van der Waals surface area contributed by atoms with Gasteiger partial charge in [-0.15, -0.1) is 0 Å². The molecule has 0 saturated carbocycles. The van der Waals surface area contributed by atoms with Crippen LogP contribution in [0, 0.1) is 0 Å². The smallest absolute Gasteiger partial charge is 0.337 e. The third-order valence-electron chi connectivity index (χ3n) is 3.89. The summed E-state index contributed by atoms with van der Waals surface area (Å²) in [4.78, 5) is 35.1. The summed E-state index contributed by atoms with van der Waals surface area (Å²) < 4.78 is 4.64. The highest BCUT2D eigenvalue weighted by Crippen LogP contribution is 2.09. The molecule has 23 heavy (non-hydrogen) atoms. The van der Waals surface area contributed by atoms with Gasteiger partial charge in [-0.2, -0.15) is 0 Å². The van der Waals surface area contributed by atoms with Crippen LogP contribution in [0.2, 0.25) is 0 Å². The van der Waals surface area contributed by atoms with Crippen LogP contribution in [0.4, 0.5) is 0 Å². The van der Waals surface area contributed by atoms with Gasteiger partial charge in [0.15, 0.2) is 0 Å². The molecule has 1 saturated heterocycles. The lowest BCUT2D eigenvalue weighted by atomic mass is 10.1. The molecule has 0 spiro atoms. The highest BCUT2D eigenvalue weighted by atomic mass is 16.5. The SMILES string of the molecule is COC(=O)c1ccc(CCC(=O)N[C@H]2CCCCNC2=O)cc1. The standard InChI is InChI=1S/C17H22N2O4/c1-23-17(22)13-8-5-12(6-9-13)7-10-15(20)19-14-4-2-3-11-18-16(14)21/h5-6,8-9,14H,2-4,7,10-11H2,1H3,(H,18,21)(H,19,20)/t14-/m0/s1. The number of carbonyl (C=O) groups is 3. The zero-order valence-electron chi connectivity index (χ0n) is 13.3. The maximum Gasteiger partial charge on any atom is 0.337 e. The van der Waals surface area contributed by atoms with E-state index in [-0.39, 0.29) is 17.8 Å². The Bertz CT molecular complexity index is 568. The Hall–Kier alpha value is -2.37. The van der Waals surface area contributed by atoms with Crippen molar-refractivity contribution >= 4 is 17.8 Å². The minimum Gasteiger partial charge on any atom is -0.465 e. The quantitative estimate of drug-likeness (QED) is 0.799. The van der Waals surface area contributed by atoms with Crippen LogP contribution in [0.15, 0.2) is 24.3 Å². The molecule has 0 aliphatic carbocycles. The second kappa shape index (κ2) is 8.31. The van der Waals surface area contributed by atoms with Gasteiger partial charge < -0.3 is 15.4 Å². The van der Waals surface area contributed by atoms with Crippen LogP contribution in [-0.4, -0.2) is 37.5 Å². The van der Waals surface area contributed by atoms with Crippen LogP contribution < -0.4 is 10.6 Å². The Morgan fingerprint density at radius 1 is 1.26 bits per heavy atom. The maximum atomic E-state index is 12.0. The molecule has 0 bridgehead atoms. The summed E-state index contributed by atoms with van der Waals surface area (Å²) in [5.41, 5.74) is 1.44. The number of aryl methyl sites for hydroxylation is 1. The Kier molecular flexibility index (Phi) is 6.14. The van der Waals surface area contributed by atoms with E-state index in [2.05, 4.69) is 15.4 Å². The number of methoxy groups -OCH3 is 1. The number of carbonyl (C=O) groups excluding carboxylic acids is 3. The molecule has 0 unspecified atom stereocenters. The fraction of sp³-hybridized carbons (Fsp3) is 0.471. The summed E-state index contributed by atoms with van der Waals surface area (Å²) in [5, 5.41) is 5.59. The molecular weight excluding hydrogens is 296 g/mol. The number of amides is 2. The molecule has 1 aromatic carbocycles. The summed E-state index contributed by atoms with van der Waals surface area (Å²) in [6.07, 6.45) is 3.43. The molecule has 2 N–H and O–H groups in total. The fourth-order valence-corrected chi connectivity index (χ4v) is 2.53. The van der Waals surface area contributed by atoms with Crippen LogP contribution in [0.1, 0.15) is 41.6 Å². The Morgan fingerprint density at radius 2 is 2.00 bits per heavy atom. The lowest BCUT2D eigenvalue weighted by Gasteiger charge is -2.15. The van der Waals surface area contributed by atoms with Crippen molar-refractivity contribution in [2.75, 3.05) is 13.7 Å². The molecule has 1 atom stereocenters. The first kappa shape index (κ1) is 17.0. The average Bonchev–Trinajstić information content (AvgIpc) is 2.77. The van der Waals surface area contributed by atoms with E-state index in [9.17, 15) is 14.4 Å². The van der Waals surface area contributed by atoms with E-state index in [0.717, 1.165) is 18.4 Å². The van der Waals surface area contributed by atoms with Gasteiger partial charge in [-0.05, 0) is 43.4 Å². The van der Waals surface area contributed by atoms with E-state index in [0.29, 0.717) is 31.4 Å². The summed E-state index contributed by atoms with van der Waals surface area (Å²) in [6.45, 7) is 0.678. The van der Waals surface area contributed by atoms with Crippen LogP contribution in [0.25, 0.3) is 0 Å². The Balaban J connectivity index is 1.81. The van der Waals surface area contributed by atoms with Crippen LogP contribution in [-0.2, 0) is 20.7 Å². The third kappa shape index (κ3) is 5.09. The molecule has 2 amide bonds. The van der Waals surface area contributed by atoms with Crippen molar-refractivity contribution in [2.24, 2.45) is 0 Å². The normalized spacial score (nSPS) is 17.8. The number of nitrogens with one attached hydrogen (secondary N) is 2. The first-order valence-electron chi connectivity index (χ1n) is 7.84. The van der Waals surface area contributed by atoms with Gasteiger partial charge in [-0.3, -0.25) is 9.59 Å². The Morgan fingerprint density at radius 3 is 2.70 bits per heavy atom. The van der Waals surface area contributed by atoms with Crippen molar-refractivity contribution < 1.29 is 19.1 Å². The van der Waals surface area contributed by atoms with Crippen LogP contribution in [0.3, 0.4) is 0 Å². The number of esters is 1. The van der Waals surface area contributed by atoms with Crippen molar-refractivity contribution in [3.8, 4) is 0 Å². The summed E-state index contributed by atoms with van der Waals surface area (Å²) >= 11 is 0.